The normalized spacial score (nSPS) is 24.6. The van der Waals surface area contributed by atoms with Gasteiger partial charge in [-0.3, -0.25) is 10.1 Å². The van der Waals surface area contributed by atoms with Crippen LogP contribution in [0.2, 0.25) is 0 Å². The molecule has 0 aromatic heterocycles. The van der Waals surface area contributed by atoms with Crippen LogP contribution in [0.5, 0.6) is 0 Å². The molecule has 0 unspecified atom stereocenters. The van der Waals surface area contributed by atoms with Crippen LogP contribution < -0.4 is 0 Å². The van der Waals surface area contributed by atoms with Crippen molar-refractivity contribution in [2.45, 2.75) is 0 Å². The van der Waals surface area contributed by atoms with Crippen LogP contribution in [0, 0.1) is 16.0 Å². The summed E-state index contributed by atoms with van der Waals surface area (Å²) in [5.41, 5.74) is 0.660. The van der Waals surface area contributed by atoms with E-state index in [1.54, 1.807) is 6.08 Å². The van der Waals surface area contributed by atoms with Crippen LogP contribution in [0.15, 0.2) is 30.9 Å². The van der Waals surface area contributed by atoms with Crippen LogP contribution in [0.3, 0.4) is 0 Å². The molecule has 0 aromatic rings. The lowest BCUT2D eigenvalue weighted by Crippen LogP contribution is -2.24. The molecule has 0 radical (unpaired) electrons. The summed E-state index contributed by atoms with van der Waals surface area (Å²) in [7, 11) is 0. The van der Waals surface area contributed by atoms with Crippen molar-refractivity contribution in [1.29, 1.82) is 0 Å². The molecular weight excluding hydrogens is 318 g/mol. The van der Waals surface area contributed by atoms with Crippen molar-refractivity contribution in [2.75, 3.05) is 0 Å². The van der Waals surface area contributed by atoms with Crippen molar-refractivity contribution < 1.29 is 4.92 Å². The summed E-state index contributed by atoms with van der Waals surface area (Å²) in [6.07, 6.45) is 3.07. The molecule has 2 aliphatic rings. The third kappa shape index (κ3) is 1.36. The molecule has 7 heteroatoms. The van der Waals surface area contributed by atoms with Crippen LogP contribution >= 0.6 is 31.9 Å². The number of nitro groups is 1. The predicted molar refractivity (Wildman–Crippen MR) is 59.4 cm³/mol. The lowest BCUT2D eigenvalue weighted by molar-refractivity contribution is -0.429. The van der Waals surface area contributed by atoms with Crippen molar-refractivity contribution >= 4 is 43.8 Å². The Morgan fingerprint density at radius 3 is 2.86 bits per heavy atom. The van der Waals surface area contributed by atoms with Gasteiger partial charge in [0.05, 0.1) is 15.1 Å². The number of hydrogen-bond acceptors (Lipinski definition) is 4. The van der Waals surface area contributed by atoms with E-state index in [-0.39, 0.29) is 5.70 Å². The van der Waals surface area contributed by atoms with Crippen LogP contribution in [-0.4, -0.2) is 16.8 Å². The molecule has 0 bridgehead atoms. The minimum absolute atomic E-state index is 0.0770. The van der Waals surface area contributed by atoms with Gasteiger partial charge in [0.1, 0.15) is 5.92 Å². The van der Waals surface area contributed by atoms with Crippen molar-refractivity contribution in [3.05, 3.63) is 30.9 Å². The SMILES string of the molecule is O=[N+]([O-])C1=C(Br)C=C(Br)C2=NN=C[C@@H]21. The first-order valence-electron chi connectivity index (χ1n) is 3.64. The zero-order valence-electron chi connectivity index (χ0n) is 6.65. The molecule has 1 heterocycles. The maximum atomic E-state index is 10.8. The average Bonchev–Trinajstić information content (AvgIpc) is 2.51. The topological polar surface area (TPSA) is 67.9 Å². The van der Waals surface area contributed by atoms with E-state index in [0.717, 1.165) is 4.48 Å². The van der Waals surface area contributed by atoms with Crippen LogP contribution in [0.1, 0.15) is 0 Å². The monoisotopic (exact) mass is 319 g/mol. The Balaban J connectivity index is 2.57. The lowest BCUT2D eigenvalue weighted by Gasteiger charge is -2.13. The molecule has 14 heavy (non-hydrogen) atoms. The molecule has 72 valence electrons. The number of halogens is 2. The van der Waals surface area contributed by atoms with E-state index < -0.39 is 10.8 Å². The largest absolute Gasteiger partial charge is 0.274 e. The summed E-state index contributed by atoms with van der Waals surface area (Å²) >= 11 is 6.42. The zero-order valence-corrected chi connectivity index (χ0v) is 9.82. The lowest BCUT2D eigenvalue weighted by atomic mass is 9.97. The summed E-state index contributed by atoms with van der Waals surface area (Å²) in [6.45, 7) is 0. The van der Waals surface area contributed by atoms with E-state index in [1.807, 2.05) is 0 Å². The van der Waals surface area contributed by atoms with E-state index >= 15 is 0 Å². The standard InChI is InChI=1S/C7H3Br2N3O2/c8-4-1-5(9)7(12(13)14)3-2-10-11-6(3)4/h1-3H/t3-/m0/s1. The molecule has 2 rings (SSSR count). The van der Waals surface area contributed by atoms with E-state index in [9.17, 15) is 10.1 Å². The van der Waals surface area contributed by atoms with Crippen molar-refractivity contribution in [3.63, 3.8) is 0 Å². The molecule has 0 fully saturated rings. The molecule has 1 aliphatic carbocycles. The molecule has 0 amide bonds. The molecule has 0 aromatic carbocycles. The van der Waals surface area contributed by atoms with Crippen LogP contribution in [0.25, 0.3) is 0 Å². The second-order valence-electron chi connectivity index (χ2n) is 2.71. The maximum Gasteiger partial charge on any atom is 0.274 e. The van der Waals surface area contributed by atoms with Crippen LogP contribution in [0.4, 0.5) is 0 Å². The predicted octanol–water partition coefficient (Wildman–Crippen LogP) is 2.22. The third-order valence-corrected chi connectivity index (χ3v) is 3.18. The number of rotatable bonds is 1. The van der Waals surface area contributed by atoms with Gasteiger partial charge in [-0.1, -0.05) is 0 Å². The molecular formula is C7H3Br2N3O2. The van der Waals surface area contributed by atoms with E-state index in [2.05, 4.69) is 42.1 Å². The van der Waals surface area contributed by atoms with E-state index in [1.165, 1.54) is 6.21 Å². The van der Waals surface area contributed by atoms with Gasteiger partial charge in [-0.05, 0) is 37.9 Å². The first-order chi connectivity index (χ1) is 6.61. The summed E-state index contributed by atoms with van der Waals surface area (Å²) in [4.78, 5) is 10.4. The molecule has 0 saturated carbocycles. The minimum Gasteiger partial charge on any atom is -0.259 e. The molecule has 0 saturated heterocycles. The quantitative estimate of drug-likeness (QED) is 0.549. The molecule has 0 N–H and O–H groups in total. The Hall–Kier alpha value is -0.820. The highest BCUT2D eigenvalue weighted by molar-refractivity contribution is 9.12. The van der Waals surface area contributed by atoms with E-state index in [0.29, 0.717) is 10.2 Å². The highest BCUT2D eigenvalue weighted by Gasteiger charge is 2.37. The zero-order chi connectivity index (χ0) is 10.3. The summed E-state index contributed by atoms with van der Waals surface area (Å²) in [5, 5.41) is 18.3. The maximum absolute atomic E-state index is 10.8. The summed E-state index contributed by atoms with van der Waals surface area (Å²) in [6, 6.07) is 0. The number of allylic oxidation sites excluding steroid dienone is 4. The number of nitrogens with zero attached hydrogens (tertiary/aromatic N) is 3. The number of hydrogen-bond donors (Lipinski definition) is 0. The van der Waals surface area contributed by atoms with Gasteiger partial charge in [0.2, 0.25) is 0 Å². The van der Waals surface area contributed by atoms with Gasteiger partial charge in [-0.2, -0.15) is 10.2 Å². The summed E-state index contributed by atoms with van der Waals surface area (Å²) < 4.78 is 1.17. The number of fused-ring (bicyclic) bond motifs is 1. The first kappa shape index (κ1) is 9.72. The van der Waals surface area contributed by atoms with Crippen molar-refractivity contribution in [1.82, 2.24) is 0 Å². The first-order valence-corrected chi connectivity index (χ1v) is 5.22. The molecule has 1 atom stereocenters. The van der Waals surface area contributed by atoms with Gasteiger partial charge in [-0.25, -0.2) is 0 Å². The second kappa shape index (κ2) is 3.39. The van der Waals surface area contributed by atoms with Gasteiger partial charge in [-0.15, -0.1) is 0 Å². The Kier molecular flexibility index (Phi) is 2.36. The highest BCUT2D eigenvalue weighted by atomic mass is 79.9. The average molecular weight is 321 g/mol. The fourth-order valence-electron chi connectivity index (χ4n) is 1.30. The van der Waals surface area contributed by atoms with Gasteiger partial charge in [0.25, 0.3) is 5.70 Å². The Bertz CT molecular complexity index is 436. The molecule has 0 spiro atoms. The summed E-state index contributed by atoms with van der Waals surface area (Å²) in [5.74, 6) is -0.446. The van der Waals surface area contributed by atoms with Gasteiger partial charge in [0.15, 0.2) is 0 Å². The fraction of sp³-hybridized carbons (Fsp3) is 0.143. The van der Waals surface area contributed by atoms with Gasteiger partial charge in [0, 0.05) is 10.7 Å². The van der Waals surface area contributed by atoms with Crippen molar-refractivity contribution in [3.8, 4) is 0 Å². The van der Waals surface area contributed by atoms with Crippen molar-refractivity contribution in [2.24, 2.45) is 16.1 Å². The smallest absolute Gasteiger partial charge is 0.259 e. The minimum atomic E-state index is -0.446. The third-order valence-electron chi connectivity index (χ3n) is 1.91. The second-order valence-corrected chi connectivity index (χ2v) is 4.42. The van der Waals surface area contributed by atoms with Gasteiger partial charge >= 0.3 is 0 Å². The Morgan fingerprint density at radius 1 is 1.50 bits per heavy atom. The molecule has 1 aliphatic heterocycles. The fourth-order valence-corrected chi connectivity index (χ4v) is 2.78. The Labute approximate surface area is 95.7 Å². The highest BCUT2D eigenvalue weighted by Crippen LogP contribution is 2.34. The molecule has 5 nitrogen and oxygen atoms in total. The van der Waals surface area contributed by atoms with Gasteiger partial charge < -0.3 is 0 Å². The van der Waals surface area contributed by atoms with E-state index in [4.69, 9.17) is 0 Å². The van der Waals surface area contributed by atoms with Crippen LogP contribution in [-0.2, 0) is 0 Å². The Morgan fingerprint density at radius 2 is 2.21 bits per heavy atom.